The number of rotatable bonds is 2. The molecule has 0 aliphatic carbocycles. The second-order valence-corrected chi connectivity index (χ2v) is 9.04. The average molecular weight is 360 g/mol. The van der Waals surface area contributed by atoms with Gasteiger partial charge in [0.05, 0.1) is 0 Å². The van der Waals surface area contributed by atoms with Gasteiger partial charge in [0, 0.05) is 24.7 Å². The van der Waals surface area contributed by atoms with Gasteiger partial charge >= 0.3 is 6.09 Å². The summed E-state index contributed by atoms with van der Waals surface area (Å²) in [6.07, 6.45) is 1.09. The van der Waals surface area contributed by atoms with Gasteiger partial charge in [-0.3, -0.25) is 4.79 Å². The molecule has 5 nitrogen and oxygen atoms in total. The first kappa shape index (κ1) is 20.3. The number of nitrogens with one attached hydrogen (secondary N) is 1. The fourth-order valence-corrected chi connectivity index (χ4v) is 3.00. The van der Waals surface area contributed by atoms with E-state index in [1.807, 2.05) is 49.9 Å². The molecule has 1 aromatic carbocycles. The molecule has 0 saturated carbocycles. The van der Waals surface area contributed by atoms with E-state index in [0.717, 1.165) is 18.4 Å². The van der Waals surface area contributed by atoms with E-state index in [4.69, 9.17) is 4.74 Å². The SMILES string of the molecule is CC(C)(C)OC(=O)NC1CCN(C(=O)c2ccc(C(C)(C)C)cc2)CC1. The zero-order chi connectivity index (χ0) is 19.5. The molecular formula is C21H32N2O3. The first-order valence-electron chi connectivity index (χ1n) is 9.35. The van der Waals surface area contributed by atoms with Crippen molar-refractivity contribution >= 4 is 12.0 Å². The van der Waals surface area contributed by atoms with Gasteiger partial charge in [0.2, 0.25) is 0 Å². The minimum absolute atomic E-state index is 0.0529. The van der Waals surface area contributed by atoms with Crippen molar-refractivity contribution in [2.45, 2.75) is 71.4 Å². The van der Waals surface area contributed by atoms with Gasteiger partial charge in [-0.15, -0.1) is 0 Å². The molecule has 144 valence electrons. The number of nitrogens with zero attached hydrogens (tertiary/aromatic N) is 1. The van der Waals surface area contributed by atoms with Crippen LogP contribution in [0.5, 0.6) is 0 Å². The Hall–Kier alpha value is -2.04. The van der Waals surface area contributed by atoms with E-state index in [1.165, 1.54) is 5.56 Å². The summed E-state index contributed by atoms with van der Waals surface area (Å²) in [4.78, 5) is 26.4. The lowest BCUT2D eigenvalue weighted by Gasteiger charge is -2.33. The van der Waals surface area contributed by atoms with Crippen LogP contribution in [0.3, 0.4) is 0 Å². The highest BCUT2D eigenvalue weighted by Gasteiger charge is 2.26. The Morgan fingerprint density at radius 2 is 1.54 bits per heavy atom. The molecule has 1 fully saturated rings. The minimum atomic E-state index is -0.500. The maximum absolute atomic E-state index is 12.7. The maximum atomic E-state index is 12.7. The van der Waals surface area contributed by atoms with Crippen LogP contribution in [-0.4, -0.2) is 41.6 Å². The van der Waals surface area contributed by atoms with Crippen molar-refractivity contribution in [3.63, 3.8) is 0 Å². The standard InChI is InChI=1S/C21H32N2O3/c1-20(2,3)16-9-7-15(8-10-16)18(24)23-13-11-17(12-14-23)22-19(25)26-21(4,5)6/h7-10,17H,11-14H2,1-6H3,(H,22,25). The van der Waals surface area contributed by atoms with Gasteiger partial charge in [0.15, 0.2) is 0 Å². The van der Waals surface area contributed by atoms with Gasteiger partial charge < -0.3 is 15.0 Å². The van der Waals surface area contributed by atoms with E-state index in [0.29, 0.717) is 13.1 Å². The summed E-state index contributed by atoms with van der Waals surface area (Å²) >= 11 is 0. The molecule has 1 aliphatic rings. The van der Waals surface area contributed by atoms with Crippen molar-refractivity contribution in [3.8, 4) is 0 Å². The molecule has 26 heavy (non-hydrogen) atoms. The number of carbonyl (C=O) groups excluding carboxylic acids is 2. The number of amides is 2. The molecule has 0 spiro atoms. The number of piperidine rings is 1. The lowest BCUT2D eigenvalue weighted by atomic mass is 9.86. The van der Waals surface area contributed by atoms with E-state index in [1.54, 1.807) is 0 Å². The Labute approximate surface area is 157 Å². The third kappa shape index (κ3) is 5.75. The molecule has 1 N–H and O–H groups in total. The Balaban J connectivity index is 1.87. The molecule has 0 aromatic heterocycles. The number of carbonyl (C=O) groups is 2. The summed E-state index contributed by atoms with van der Waals surface area (Å²) < 4.78 is 5.29. The van der Waals surface area contributed by atoms with Crippen LogP contribution < -0.4 is 5.32 Å². The first-order valence-corrected chi connectivity index (χ1v) is 9.35. The minimum Gasteiger partial charge on any atom is -0.444 e. The van der Waals surface area contributed by atoms with E-state index in [9.17, 15) is 9.59 Å². The van der Waals surface area contributed by atoms with Crippen molar-refractivity contribution in [3.05, 3.63) is 35.4 Å². The summed E-state index contributed by atoms with van der Waals surface area (Å²) in [6, 6.07) is 7.94. The van der Waals surface area contributed by atoms with E-state index >= 15 is 0 Å². The Morgan fingerprint density at radius 3 is 2.00 bits per heavy atom. The van der Waals surface area contributed by atoms with Gasteiger partial charge in [0.1, 0.15) is 5.60 Å². The summed E-state index contributed by atoms with van der Waals surface area (Å²) in [5, 5.41) is 2.90. The predicted octanol–water partition coefficient (Wildman–Crippen LogP) is 4.11. The molecule has 0 unspecified atom stereocenters. The highest BCUT2D eigenvalue weighted by molar-refractivity contribution is 5.94. The summed E-state index contributed by atoms with van der Waals surface area (Å²) in [5.41, 5.74) is 1.51. The normalized spacial score (nSPS) is 16.3. The van der Waals surface area contributed by atoms with Crippen LogP contribution in [0.25, 0.3) is 0 Å². The smallest absolute Gasteiger partial charge is 0.407 e. The highest BCUT2D eigenvalue weighted by Crippen LogP contribution is 2.23. The number of alkyl carbamates (subject to hydrolysis) is 1. The average Bonchev–Trinajstić information content (AvgIpc) is 2.52. The Bertz CT molecular complexity index is 631. The summed E-state index contributed by atoms with van der Waals surface area (Å²) in [5.74, 6) is 0.0566. The van der Waals surface area contributed by atoms with E-state index in [-0.39, 0.29) is 23.5 Å². The van der Waals surface area contributed by atoms with Crippen molar-refractivity contribution in [2.24, 2.45) is 0 Å². The summed E-state index contributed by atoms with van der Waals surface area (Å²) in [7, 11) is 0. The number of hydrogen-bond acceptors (Lipinski definition) is 3. The fraction of sp³-hybridized carbons (Fsp3) is 0.619. The first-order chi connectivity index (χ1) is 12.0. The van der Waals surface area contributed by atoms with Crippen LogP contribution >= 0.6 is 0 Å². The third-order valence-corrected chi connectivity index (χ3v) is 4.50. The molecule has 2 rings (SSSR count). The van der Waals surface area contributed by atoms with Crippen LogP contribution in [0, 0.1) is 0 Å². The van der Waals surface area contributed by atoms with Gasteiger partial charge in [-0.2, -0.15) is 0 Å². The second-order valence-electron chi connectivity index (χ2n) is 9.04. The molecule has 0 atom stereocenters. The largest absolute Gasteiger partial charge is 0.444 e. The van der Waals surface area contributed by atoms with Gasteiger partial charge in [-0.1, -0.05) is 32.9 Å². The van der Waals surface area contributed by atoms with Crippen molar-refractivity contribution < 1.29 is 14.3 Å². The van der Waals surface area contributed by atoms with Crippen molar-refractivity contribution in [1.29, 1.82) is 0 Å². The van der Waals surface area contributed by atoms with Gasteiger partial charge in [0.25, 0.3) is 5.91 Å². The zero-order valence-corrected chi connectivity index (χ0v) is 16.9. The quantitative estimate of drug-likeness (QED) is 0.863. The van der Waals surface area contributed by atoms with E-state index in [2.05, 4.69) is 26.1 Å². The third-order valence-electron chi connectivity index (χ3n) is 4.50. The number of benzene rings is 1. The maximum Gasteiger partial charge on any atom is 0.407 e. The van der Waals surface area contributed by atoms with Gasteiger partial charge in [-0.25, -0.2) is 4.79 Å². The van der Waals surface area contributed by atoms with Crippen LogP contribution in [0.2, 0.25) is 0 Å². The molecule has 1 heterocycles. The monoisotopic (exact) mass is 360 g/mol. The van der Waals surface area contributed by atoms with Crippen LogP contribution in [0.1, 0.15) is 70.3 Å². The predicted molar refractivity (Wildman–Crippen MR) is 103 cm³/mol. The molecule has 0 radical (unpaired) electrons. The Kier molecular flexibility index (Phi) is 5.99. The molecule has 1 aromatic rings. The van der Waals surface area contributed by atoms with Crippen molar-refractivity contribution in [2.75, 3.05) is 13.1 Å². The molecule has 1 saturated heterocycles. The summed E-state index contributed by atoms with van der Waals surface area (Å²) in [6.45, 7) is 13.3. The van der Waals surface area contributed by atoms with Crippen LogP contribution in [0.15, 0.2) is 24.3 Å². The lowest BCUT2D eigenvalue weighted by Crippen LogP contribution is -2.47. The number of likely N-dealkylation sites (tertiary alicyclic amines) is 1. The van der Waals surface area contributed by atoms with Crippen LogP contribution in [0.4, 0.5) is 4.79 Å². The molecule has 5 heteroatoms. The van der Waals surface area contributed by atoms with Gasteiger partial charge in [-0.05, 0) is 56.7 Å². The lowest BCUT2D eigenvalue weighted by molar-refractivity contribution is 0.0473. The second kappa shape index (κ2) is 7.68. The number of hydrogen-bond donors (Lipinski definition) is 1. The Morgan fingerprint density at radius 1 is 1.00 bits per heavy atom. The molecule has 1 aliphatic heterocycles. The zero-order valence-electron chi connectivity index (χ0n) is 16.9. The van der Waals surface area contributed by atoms with E-state index < -0.39 is 5.60 Å². The number of ether oxygens (including phenoxy) is 1. The van der Waals surface area contributed by atoms with Crippen molar-refractivity contribution in [1.82, 2.24) is 10.2 Å². The topological polar surface area (TPSA) is 58.6 Å². The fourth-order valence-electron chi connectivity index (χ4n) is 3.00. The van der Waals surface area contributed by atoms with Crippen LogP contribution in [-0.2, 0) is 10.2 Å². The molecule has 0 bridgehead atoms. The molecular weight excluding hydrogens is 328 g/mol. The molecule has 2 amide bonds. The highest BCUT2D eigenvalue weighted by atomic mass is 16.6.